The van der Waals surface area contributed by atoms with E-state index < -0.39 is 0 Å². The van der Waals surface area contributed by atoms with Gasteiger partial charge >= 0.3 is 0 Å². The quantitative estimate of drug-likeness (QED) is 0.745. The predicted molar refractivity (Wildman–Crippen MR) is 74.4 cm³/mol. The van der Waals surface area contributed by atoms with Crippen LogP contribution in [0, 0.1) is 0 Å². The highest BCUT2D eigenvalue weighted by Crippen LogP contribution is 2.27. The molecule has 0 bridgehead atoms. The van der Waals surface area contributed by atoms with Crippen LogP contribution in [0.2, 0.25) is 0 Å². The van der Waals surface area contributed by atoms with Gasteiger partial charge in [-0.25, -0.2) is 0 Å². The molecule has 2 nitrogen and oxygen atoms in total. The SMILES string of the molecule is CCCC(C)(C)N1CCCN2CCCCC2C1. The van der Waals surface area contributed by atoms with Gasteiger partial charge in [-0.15, -0.1) is 0 Å². The van der Waals surface area contributed by atoms with Gasteiger partial charge in [-0.05, 0) is 59.2 Å². The Morgan fingerprint density at radius 2 is 1.82 bits per heavy atom. The van der Waals surface area contributed by atoms with Crippen LogP contribution in [0.3, 0.4) is 0 Å². The van der Waals surface area contributed by atoms with Crippen LogP contribution < -0.4 is 0 Å². The van der Waals surface area contributed by atoms with E-state index in [4.69, 9.17) is 0 Å². The molecular formula is C15H30N2. The van der Waals surface area contributed by atoms with E-state index in [9.17, 15) is 0 Å². The molecule has 0 radical (unpaired) electrons. The second-order valence-corrected chi connectivity index (χ2v) is 6.55. The first kappa shape index (κ1) is 13.4. The average Bonchev–Trinajstić information content (AvgIpc) is 2.51. The van der Waals surface area contributed by atoms with Gasteiger partial charge in [0.15, 0.2) is 0 Å². The minimum absolute atomic E-state index is 0.405. The van der Waals surface area contributed by atoms with Crippen molar-refractivity contribution < 1.29 is 0 Å². The molecular weight excluding hydrogens is 208 g/mol. The van der Waals surface area contributed by atoms with Gasteiger partial charge in [0.2, 0.25) is 0 Å². The topological polar surface area (TPSA) is 6.48 Å². The molecule has 0 aromatic carbocycles. The van der Waals surface area contributed by atoms with Gasteiger partial charge in [-0.1, -0.05) is 19.8 Å². The number of piperidine rings is 1. The fourth-order valence-electron chi connectivity index (χ4n) is 3.69. The molecule has 2 saturated heterocycles. The molecule has 1 unspecified atom stereocenters. The summed E-state index contributed by atoms with van der Waals surface area (Å²) in [7, 11) is 0. The molecule has 2 heteroatoms. The molecule has 0 amide bonds. The fourth-order valence-corrected chi connectivity index (χ4v) is 3.69. The number of hydrogen-bond acceptors (Lipinski definition) is 2. The first-order chi connectivity index (χ1) is 8.13. The van der Waals surface area contributed by atoms with Crippen LogP contribution in [-0.2, 0) is 0 Å². The van der Waals surface area contributed by atoms with Crippen LogP contribution in [-0.4, -0.2) is 47.6 Å². The van der Waals surface area contributed by atoms with Crippen LogP contribution in [0.25, 0.3) is 0 Å². The standard InChI is InChI=1S/C15H30N2/c1-4-9-15(2,3)17-12-7-11-16-10-6-5-8-14(16)13-17/h14H,4-13H2,1-3H3. The molecule has 100 valence electrons. The Kier molecular flexibility index (Phi) is 4.48. The lowest BCUT2D eigenvalue weighted by Crippen LogP contribution is -2.50. The lowest BCUT2D eigenvalue weighted by Gasteiger charge is -2.41. The number of rotatable bonds is 3. The summed E-state index contributed by atoms with van der Waals surface area (Å²) in [6.45, 7) is 12.5. The van der Waals surface area contributed by atoms with Crippen molar-refractivity contribution in [2.75, 3.05) is 26.2 Å². The van der Waals surface area contributed by atoms with Crippen molar-refractivity contribution in [3.05, 3.63) is 0 Å². The van der Waals surface area contributed by atoms with Gasteiger partial charge in [0.1, 0.15) is 0 Å². The van der Waals surface area contributed by atoms with Crippen molar-refractivity contribution in [3.8, 4) is 0 Å². The van der Waals surface area contributed by atoms with Crippen molar-refractivity contribution in [1.29, 1.82) is 0 Å². The molecule has 2 rings (SSSR count). The molecule has 2 heterocycles. The Balaban J connectivity index is 2.00. The third-order valence-electron chi connectivity index (χ3n) is 4.77. The zero-order valence-electron chi connectivity index (χ0n) is 12.0. The monoisotopic (exact) mass is 238 g/mol. The van der Waals surface area contributed by atoms with E-state index in [1.54, 1.807) is 0 Å². The molecule has 2 fully saturated rings. The third-order valence-corrected chi connectivity index (χ3v) is 4.77. The molecule has 0 saturated carbocycles. The zero-order chi connectivity index (χ0) is 12.3. The van der Waals surface area contributed by atoms with E-state index in [0.29, 0.717) is 5.54 Å². The number of hydrogen-bond donors (Lipinski definition) is 0. The highest BCUT2D eigenvalue weighted by Gasteiger charge is 2.33. The highest BCUT2D eigenvalue weighted by molar-refractivity contribution is 4.89. The zero-order valence-corrected chi connectivity index (χ0v) is 12.0. The summed E-state index contributed by atoms with van der Waals surface area (Å²) in [5, 5.41) is 0. The van der Waals surface area contributed by atoms with Crippen molar-refractivity contribution in [2.24, 2.45) is 0 Å². The molecule has 0 spiro atoms. The average molecular weight is 238 g/mol. The largest absolute Gasteiger partial charge is 0.299 e. The smallest absolute Gasteiger partial charge is 0.0223 e. The van der Waals surface area contributed by atoms with Crippen LogP contribution in [0.5, 0.6) is 0 Å². The van der Waals surface area contributed by atoms with Gasteiger partial charge in [-0.3, -0.25) is 9.80 Å². The normalized spacial score (nSPS) is 28.8. The van der Waals surface area contributed by atoms with Gasteiger partial charge in [0, 0.05) is 18.1 Å². The van der Waals surface area contributed by atoms with Crippen molar-refractivity contribution >= 4 is 0 Å². The maximum atomic E-state index is 2.77. The minimum atomic E-state index is 0.405. The second kappa shape index (κ2) is 5.71. The van der Waals surface area contributed by atoms with Crippen molar-refractivity contribution in [3.63, 3.8) is 0 Å². The fraction of sp³-hybridized carbons (Fsp3) is 1.00. The van der Waals surface area contributed by atoms with E-state index >= 15 is 0 Å². The van der Waals surface area contributed by atoms with Gasteiger partial charge < -0.3 is 0 Å². The summed E-state index contributed by atoms with van der Waals surface area (Å²) < 4.78 is 0. The van der Waals surface area contributed by atoms with Crippen molar-refractivity contribution in [2.45, 2.75) is 70.9 Å². The third kappa shape index (κ3) is 3.23. The summed E-state index contributed by atoms with van der Waals surface area (Å²) in [6.07, 6.45) is 8.30. The van der Waals surface area contributed by atoms with E-state index in [2.05, 4.69) is 30.6 Å². The lowest BCUT2D eigenvalue weighted by molar-refractivity contribution is 0.0778. The van der Waals surface area contributed by atoms with Gasteiger partial charge in [-0.2, -0.15) is 0 Å². The number of nitrogens with zero attached hydrogens (tertiary/aromatic N) is 2. The molecule has 0 aromatic rings. The van der Waals surface area contributed by atoms with E-state index in [0.717, 1.165) is 6.04 Å². The summed E-state index contributed by atoms with van der Waals surface area (Å²) in [5.74, 6) is 0. The van der Waals surface area contributed by atoms with Gasteiger partial charge in [0.05, 0.1) is 0 Å². The maximum Gasteiger partial charge on any atom is 0.0223 e. The molecule has 1 atom stereocenters. The molecule has 0 N–H and O–H groups in total. The summed E-state index contributed by atoms with van der Waals surface area (Å²) in [4.78, 5) is 5.53. The predicted octanol–water partition coefficient (Wildman–Crippen LogP) is 3.13. The summed E-state index contributed by atoms with van der Waals surface area (Å²) >= 11 is 0. The van der Waals surface area contributed by atoms with Crippen LogP contribution in [0.15, 0.2) is 0 Å². The summed E-state index contributed by atoms with van der Waals surface area (Å²) in [6, 6.07) is 0.849. The first-order valence-electron chi connectivity index (χ1n) is 7.62. The Labute approximate surface area is 107 Å². The van der Waals surface area contributed by atoms with E-state index in [1.807, 2.05) is 0 Å². The highest BCUT2D eigenvalue weighted by atomic mass is 15.3. The first-order valence-corrected chi connectivity index (χ1v) is 7.62. The maximum absolute atomic E-state index is 2.77. The van der Waals surface area contributed by atoms with Crippen LogP contribution >= 0.6 is 0 Å². The second-order valence-electron chi connectivity index (χ2n) is 6.55. The Hall–Kier alpha value is -0.0800. The summed E-state index contributed by atoms with van der Waals surface area (Å²) in [5.41, 5.74) is 0.405. The Morgan fingerprint density at radius 3 is 2.59 bits per heavy atom. The Bertz CT molecular complexity index is 237. The molecule has 17 heavy (non-hydrogen) atoms. The number of fused-ring (bicyclic) bond motifs is 1. The van der Waals surface area contributed by atoms with E-state index in [-0.39, 0.29) is 0 Å². The molecule has 2 aliphatic rings. The van der Waals surface area contributed by atoms with Crippen LogP contribution in [0.1, 0.15) is 59.3 Å². The molecule has 0 aliphatic carbocycles. The molecule has 2 aliphatic heterocycles. The van der Waals surface area contributed by atoms with E-state index in [1.165, 1.54) is 64.7 Å². The minimum Gasteiger partial charge on any atom is -0.299 e. The van der Waals surface area contributed by atoms with Crippen LogP contribution in [0.4, 0.5) is 0 Å². The van der Waals surface area contributed by atoms with Gasteiger partial charge in [0.25, 0.3) is 0 Å². The molecule has 0 aromatic heterocycles. The van der Waals surface area contributed by atoms with Crippen molar-refractivity contribution in [1.82, 2.24) is 9.80 Å². The Morgan fingerprint density at radius 1 is 1.06 bits per heavy atom. The lowest BCUT2D eigenvalue weighted by atomic mass is 9.94.